The molecule has 112 valence electrons. The van der Waals surface area contributed by atoms with Crippen LogP contribution >= 0.6 is 11.6 Å². The Morgan fingerprint density at radius 3 is 2.61 bits per heavy atom. The van der Waals surface area contributed by atoms with Gasteiger partial charge < -0.3 is 10.6 Å². The number of hydrogen-bond donors (Lipinski definition) is 2. The lowest BCUT2D eigenvalue weighted by molar-refractivity contribution is -0.112. The van der Waals surface area contributed by atoms with Gasteiger partial charge in [0.15, 0.2) is 0 Å². The lowest BCUT2D eigenvalue weighted by atomic mass is 10.2. The van der Waals surface area contributed by atoms with Crippen LogP contribution in [0.5, 0.6) is 0 Å². The summed E-state index contributed by atoms with van der Waals surface area (Å²) in [7, 11) is 0. The van der Waals surface area contributed by atoms with Gasteiger partial charge in [-0.25, -0.2) is 0 Å². The summed E-state index contributed by atoms with van der Waals surface area (Å²) in [6, 6.07) is 17.2. The molecular weight excluding hydrogens is 312 g/mol. The van der Waals surface area contributed by atoms with Crippen molar-refractivity contribution in [2.45, 2.75) is 0 Å². The number of benzene rings is 2. The topological polar surface area (TPSA) is 88.7 Å². The van der Waals surface area contributed by atoms with E-state index >= 15 is 0 Å². The van der Waals surface area contributed by atoms with Crippen molar-refractivity contribution in [1.29, 1.82) is 10.5 Å². The van der Waals surface area contributed by atoms with E-state index in [4.69, 9.17) is 22.1 Å². The van der Waals surface area contributed by atoms with Crippen LogP contribution in [0.15, 0.2) is 60.3 Å². The molecule has 0 unspecified atom stereocenters. The lowest BCUT2D eigenvalue weighted by Gasteiger charge is -2.06. The summed E-state index contributed by atoms with van der Waals surface area (Å²) >= 11 is 5.86. The highest BCUT2D eigenvalue weighted by Crippen LogP contribution is 2.16. The first-order valence-corrected chi connectivity index (χ1v) is 6.94. The Morgan fingerprint density at radius 1 is 1.13 bits per heavy atom. The molecule has 0 atom stereocenters. The number of anilines is 2. The SMILES string of the molecule is N#C/C(=C/Nc1cccc(Cl)c1)C(=O)Nc1ccccc1C#N. The average molecular weight is 323 g/mol. The maximum Gasteiger partial charge on any atom is 0.267 e. The third-order valence-corrected chi connectivity index (χ3v) is 3.10. The molecule has 0 aliphatic carbocycles. The standard InChI is InChI=1S/C17H11ClN4O/c18-14-5-3-6-15(8-14)21-11-13(10-20)17(23)22-16-7-2-1-4-12(16)9-19/h1-8,11,21H,(H,22,23)/b13-11-. The van der Waals surface area contributed by atoms with Gasteiger partial charge in [-0.2, -0.15) is 10.5 Å². The Bertz CT molecular complexity index is 846. The van der Waals surface area contributed by atoms with Gasteiger partial charge in [0.25, 0.3) is 5.91 Å². The van der Waals surface area contributed by atoms with Gasteiger partial charge >= 0.3 is 0 Å². The fourth-order valence-electron chi connectivity index (χ4n) is 1.76. The number of para-hydroxylation sites is 1. The minimum Gasteiger partial charge on any atom is -0.360 e. The van der Waals surface area contributed by atoms with E-state index in [0.717, 1.165) is 0 Å². The number of halogens is 1. The zero-order chi connectivity index (χ0) is 16.7. The molecule has 0 aliphatic rings. The van der Waals surface area contributed by atoms with Gasteiger partial charge in [0.05, 0.1) is 11.3 Å². The van der Waals surface area contributed by atoms with Gasteiger partial charge in [-0.15, -0.1) is 0 Å². The Morgan fingerprint density at radius 2 is 1.91 bits per heavy atom. The number of amides is 1. The predicted octanol–water partition coefficient (Wildman–Crippen LogP) is 3.67. The van der Waals surface area contributed by atoms with Crippen molar-refractivity contribution >= 4 is 28.9 Å². The van der Waals surface area contributed by atoms with Crippen molar-refractivity contribution in [3.05, 3.63) is 70.9 Å². The molecule has 0 aliphatic heterocycles. The van der Waals surface area contributed by atoms with E-state index in [1.165, 1.54) is 6.20 Å². The van der Waals surface area contributed by atoms with E-state index in [1.54, 1.807) is 48.5 Å². The third kappa shape index (κ3) is 4.34. The molecule has 2 aromatic rings. The van der Waals surface area contributed by atoms with Crippen LogP contribution in [0.2, 0.25) is 5.02 Å². The van der Waals surface area contributed by atoms with E-state index in [1.807, 2.05) is 12.1 Å². The Hall–Kier alpha value is -3.28. The van der Waals surface area contributed by atoms with Crippen LogP contribution in [-0.2, 0) is 4.79 Å². The van der Waals surface area contributed by atoms with Crippen molar-refractivity contribution in [3.63, 3.8) is 0 Å². The smallest absolute Gasteiger partial charge is 0.267 e. The molecule has 1 amide bonds. The second-order valence-corrected chi connectivity index (χ2v) is 4.87. The van der Waals surface area contributed by atoms with Crippen LogP contribution in [0.1, 0.15) is 5.56 Å². The summed E-state index contributed by atoms with van der Waals surface area (Å²) in [5.41, 5.74) is 1.19. The first-order chi connectivity index (χ1) is 11.1. The molecule has 0 bridgehead atoms. The summed E-state index contributed by atoms with van der Waals surface area (Å²) < 4.78 is 0. The van der Waals surface area contributed by atoms with E-state index in [9.17, 15) is 4.79 Å². The molecule has 2 aromatic carbocycles. The molecule has 0 saturated heterocycles. The lowest BCUT2D eigenvalue weighted by Crippen LogP contribution is -2.15. The Balaban J connectivity index is 2.14. The summed E-state index contributed by atoms with van der Waals surface area (Å²) in [6.45, 7) is 0. The molecule has 2 N–H and O–H groups in total. The summed E-state index contributed by atoms with van der Waals surface area (Å²) in [6.07, 6.45) is 1.29. The van der Waals surface area contributed by atoms with Crippen LogP contribution in [0, 0.1) is 22.7 Å². The highest BCUT2D eigenvalue weighted by Gasteiger charge is 2.11. The minimum absolute atomic E-state index is 0.127. The summed E-state index contributed by atoms with van der Waals surface area (Å²) in [5, 5.41) is 24.0. The fourth-order valence-corrected chi connectivity index (χ4v) is 1.95. The van der Waals surface area contributed by atoms with E-state index in [0.29, 0.717) is 22.0 Å². The van der Waals surface area contributed by atoms with Crippen molar-refractivity contribution in [3.8, 4) is 12.1 Å². The molecule has 23 heavy (non-hydrogen) atoms. The van der Waals surface area contributed by atoms with E-state index in [-0.39, 0.29) is 5.57 Å². The van der Waals surface area contributed by atoms with Crippen LogP contribution in [0.25, 0.3) is 0 Å². The molecule has 5 nitrogen and oxygen atoms in total. The first-order valence-electron chi connectivity index (χ1n) is 6.57. The molecule has 0 radical (unpaired) electrons. The van der Waals surface area contributed by atoms with Crippen LogP contribution in [0.4, 0.5) is 11.4 Å². The van der Waals surface area contributed by atoms with Gasteiger partial charge in [0, 0.05) is 16.9 Å². The third-order valence-electron chi connectivity index (χ3n) is 2.87. The first kappa shape index (κ1) is 16.1. The molecule has 0 saturated carbocycles. The monoisotopic (exact) mass is 322 g/mol. The highest BCUT2D eigenvalue weighted by atomic mass is 35.5. The molecule has 0 heterocycles. The number of hydrogen-bond acceptors (Lipinski definition) is 4. The van der Waals surface area contributed by atoms with Gasteiger partial charge in [-0.1, -0.05) is 29.8 Å². The second kappa shape index (κ2) is 7.65. The van der Waals surface area contributed by atoms with Crippen LogP contribution in [-0.4, -0.2) is 5.91 Å². The minimum atomic E-state index is -0.607. The van der Waals surface area contributed by atoms with Gasteiger partial charge in [-0.3, -0.25) is 4.79 Å². The van der Waals surface area contributed by atoms with Crippen LogP contribution < -0.4 is 10.6 Å². The Labute approximate surface area is 138 Å². The molecular formula is C17H11ClN4O. The van der Waals surface area contributed by atoms with Gasteiger partial charge in [0.1, 0.15) is 17.7 Å². The molecule has 0 aromatic heterocycles. The molecule has 6 heteroatoms. The maximum absolute atomic E-state index is 12.1. The number of carbonyl (C=O) groups is 1. The zero-order valence-electron chi connectivity index (χ0n) is 11.9. The van der Waals surface area contributed by atoms with E-state index in [2.05, 4.69) is 10.6 Å². The van der Waals surface area contributed by atoms with Crippen molar-refractivity contribution in [1.82, 2.24) is 0 Å². The number of carbonyl (C=O) groups excluding carboxylic acids is 1. The average Bonchev–Trinajstić information content (AvgIpc) is 2.56. The van der Waals surface area contributed by atoms with E-state index < -0.39 is 5.91 Å². The molecule has 2 rings (SSSR count). The molecule has 0 spiro atoms. The van der Waals surface area contributed by atoms with Gasteiger partial charge in [-0.05, 0) is 30.3 Å². The molecule has 0 fully saturated rings. The second-order valence-electron chi connectivity index (χ2n) is 4.44. The van der Waals surface area contributed by atoms with Crippen molar-refractivity contribution in [2.24, 2.45) is 0 Å². The summed E-state index contributed by atoms with van der Waals surface area (Å²) in [5.74, 6) is -0.607. The normalized spacial score (nSPS) is 10.3. The Kier molecular flexibility index (Phi) is 5.35. The predicted molar refractivity (Wildman–Crippen MR) is 88.6 cm³/mol. The maximum atomic E-state index is 12.1. The summed E-state index contributed by atoms with van der Waals surface area (Å²) in [4.78, 5) is 12.1. The van der Waals surface area contributed by atoms with Crippen molar-refractivity contribution < 1.29 is 4.79 Å². The fraction of sp³-hybridized carbons (Fsp3) is 0. The van der Waals surface area contributed by atoms with Crippen LogP contribution in [0.3, 0.4) is 0 Å². The largest absolute Gasteiger partial charge is 0.360 e. The number of nitrogens with one attached hydrogen (secondary N) is 2. The van der Waals surface area contributed by atoms with Crippen molar-refractivity contribution in [2.75, 3.05) is 10.6 Å². The number of nitriles is 2. The quantitative estimate of drug-likeness (QED) is 0.664. The zero-order valence-corrected chi connectivity index (χ0v) is 12.6. The van der Waals surface area contributed by atoms with Gasteiger partial charge in [0.2, 0.25) is 0 Å². The number of rotatable bonds is 4. The highest BCUT2D eigenvalue weighted by molar-refractivity contribution is 6.30. The number of nitrogens with zero attached hydrogens (tertiary/aromatic N) is 2.